The van der Waals surface area contributed by atoms with Gasteiger partial charge in [0.1, 0.15) is 11.9 Å². The average Bonchev–Trinajstić information content (AvgIpc) is 2.81. The summed E-state index contributed by atoms with van der Waals surface area (Å²) in [6, 6.07) is 4.80. The van der Waals surface area contributed by atoms with E-state index in [9.17, 15) is 14.0 Å². The van der Waals surface area contributed by atoms with E-state index in [-0.39, 0.29) is 23.5 Å². The van der Waals surface area contributed by atoms with Crippen molar-refractivity contribution in [3.8, 4) is 0 Å². The molecule has 0 radical (unpaired) electrons. The minimum atomic E-state index is -0.550. The van der Waals surface area contributed by atoms with Crippen LogP contribution in [-0.4, -0.2) is 35.8 Å². The van der Waals surface area contributed by atoms with E-state index in [4.69, 9.17) is 0 Å². The molecule has 0 aliphatic carbocycles. The molecule has 5 heteroatoms. The maximum atomic E-state index is 13.0. The van der Waals surface area contributed by atoms with Gasteiger partial charge in [0, 0.05) is 18.7 Å². The van der Waals surface area contributed by atoms with Crippen molar-refractivity contribution < 1.29 is 14.0 Å². The van der Waals surface area contributed by atoms with Gasteiger partial charge < -0.3 is 10.2 Å². The number of hydrogen-bond donors (Lipinski definition) is 1. The molecule has 23 heavy (non-hydrogen) atoms. The zero-order valence-corrected chi connectivity index (χ0v) is 13.8. The Kier molecular flexibility index (Phi) is 6.13. The molecule has 1 N–H and O–H groups in total. The lowest BCUT2D eigenvalue weighted by molar-refractivity contribution is -0.134. The molecular formula is C18H25FN2O2. The van der Waals surface area contributed by atoms with Gasteiger partial charge >= 0.3 is 0 Å². The number of nitrogens with one attached hydrogen (secondary N) is 1. The summed E-state index contributed by atoms with van der Waals surface area (Å²) in [5.74, 6) is -0.748. The summed E-state index contributed by atoms with van der Waals surface area (Å²) >= 11 is 0. The molecule has 1 unspecified atom stereocenters. The van der Waals surface area contributed by atoms with Gasteiger partial charge in [-0.05, 0) is 43.0 Å². The van der Waals surface area contributed by atoms with Gasteiger partial charge in [-0.25, -0.2) is 4.39 Å². The van der Waals surface area contributed by atoms with Crippen LogP contribution in [0.15, 0.2) is 24.3 Å². The molecule has 2 amide bonds. The molecule has 4 nitrogen and oxygen atoms in total. The van der Waals surface area contributed by atoms with E-state index in [0.29, 0.717) is 5.56 Å². The number of amides is 2. The molecule has 1 atom stereocenters. The summed E-state index contributed by atoms with van der Waals surface area (Å²) in [6.45, 7) is 5.36. The van der Waals surface area contributed by atoms with Crippen molar-refractivity contribution in [3.05, 3.63) is 35.6 Å². The van der Waals surface area contributed by atoms with Crippen LogP contribution in [0.3, 0.4) is 0 Å². The topological polar surface area (TPSA) is 49.4 Å². The highest BCUT2D eigenvalue weighted by atomic mass is 19.1. The van der Waals surface area contributed by atoms with Crippen LogP contribution in [0.25, 0.3) is 0 Å². The second-order valence-electron chi connectivity index (χ2n) is 6.44. The monoisotopic (exact) mass is 320 g/mol. The lowest BCUT2D eigenvalue weighted by Crippen LogP contribution is -2.51. The van der Waals surface area contributed by atoms with Gasteiger partial charge in [-0.1, -0.05) is 26.7 Å². The quantitative estimate of drug-likeness (QED) is 0.927. The molecule has 1 fully saturated rings. The van der Waals surface area contributed by atoms with Gasteiger partial charge in [-0.3, -0.25) is 9.59 Å². The second kappa shape index (κ2) is 8.09. The Hall–Kier alpha value is -1.91. The van der Waals surface area contributed by atoms with E-state index in [1.165, 1.54) is 24.3 Å². The molecule has 0 saturated carbocycles. The van der Waals surface area contributed by atoms with E-state index in [2.05, 4.69) is 5.32 Å². The zero-order chi connectivity index (χ0) is 16.8. The van der Waals surface area contributed by atoms with E-state index in [1.54, 1.807) is 0 Å². The van der Waals surface area contributed by atoms with Crippen molar-refractivity contribution in [1.82, 2.24) is 10.2 Å². The SMILES string of the molecule is CC(C)C(NC(=O)c1ccc(F)cc1)C(=O)N1CCCCCC1. The standard InChI is InChI=1S/C18H25FN2O2/c1-13(2)16(18(23)21-11-5-3-4-6-12-21)20-17(22)14-7-9-15(19)10-8-14/h7-10,13,16H,3-6,11-12H2,1-2H3,(H,20,22). The number of carbonyl (C=O) groups excluding carboxylic acids is 2. The first-order valence-electron chi connectivity index (χ1n) is 8.34. The van der Waals surface area contributed by atoms with Crippen molar-refractivity contribution in [2.24, 2.45) is 5.92 Å². The molecule has 1 heterocycles. The van der Waals surface area contributed by atoms with Crippen molar-refractivity contribution in [1.29, 1.82) is 0 Å². The molecule has 0 bridgehead atoms. The maximum Gasteiger partial charge on any atom is 0.251 e. The smallest absolute Gasteiger partial charge is 0.251 e. The Morgan fingerprint density at radius 2 is 1.61 bits per heavy atom. The summed E-state index contributed by atoms with van der Waals surface area (Å²) in [5, 5.41) is 2.82. The third kappa shape index (κ3) is 4.78. The highest BCUT2D eigenvalue weighted by molar-refractivity contribution is 5.97. The van der Waals surface area contributed by atoms with Crippen LogP contribution < -0.4 is 5.32 Å². The van der Waals surface area contributed by atoms with Crippen LogP contribution in [0.2, 0.25) is 0 Å². The Morgan fingerprint density at radius 1 is 1.04 bits per heavy atom. The summed E-state index contributed by atoms with van der Waals surface area (Å²) < 4.78 is 13.0. The molecule has 1 aliphatic rings. The van der Waals surface area contributed by atoms with E-state index >= 15 is 0 Å². The number of halogens is 1. The predicted molar refractivity (Wildman–Crippen MR) is 87.5 cm³/mol. The highest BCUT2D eigenvalue weighted by Gasteiger charge is 2.29. The van der Waals surface area contributed by atoms with Gasteiger partial charge in [0.2, 0.25) is 5.91 Å². The first-order valence-corrected chi connectivity index (χ1v) is 8.34. The van der Waals surface area contributed by atoms with Crippen LogP contribution in [-0.2, 0) is 4.79 Å². The van der Waals surface area contributed by atoms with Gasteiger partial charge in [0.25, 0.3) is 5.91 Å². The van der Waals surface area contributed by atoms with Crippen molar-refractivity contribution in [2.75, 3.05) is 13.1 Å². The number of benzene rings is 1. The molecule has 1 saturated heterocycles. The van der Waals surface area contributed by atoms with Gasteiger partial charge in [0.15, 0.2) is 0 Å². The van der Waals surface area contributed by atoms with Gasteiger partial charge in [0.05, 0.1) is 0 Å². The fraction of sp³-hybridized carbons (Fsp3) is 0.556. The highest BCUT2D eigenvalue weighted by Crippen LogP contribution is 2.14. The minimum absolute atomic E-state index is 0.00449. The van der Waals surface area contributed by atoms with Crippen LogP contribution in [0.1, 0.15) is 49.9 Å². The Labute approximate surface area is 137 Å². The van der Waals surface area contributed by atoms with E-state index in [1.807, 2.05) is 18.7 Å². The molecule has 0 aromatic heterocycles. The van der Waals surface area contributed by atoms with Crippen LogP contribution in [0.4, 0.5) is 4.39 Å². The number of carbonyl (C=O) groups is 2. The third-order valence-electron chi connectivity index (χ3n) is 4.24. The van der Waals surface area contributed by atoms with Crippen molar-refractivity contribution in [3.63, 3.8) is 0 Å². The normalized spacial score (nSPS) is 16.8. The van der Waals surface area contributed by atoms with Crippen molar-refractivity contribution >= 4 is 11.8 Å². The van der Waals surface area contributed by atoms with Crippen LogP contribution in [0.5, 0.6) is 0 Å². The Morgan fingerprint density at radius 3 is 2.13 bits per heavy atom. The lowest BCUT2D eigenvalue weighted by atomic mass is 10.0. The predicted octanol–water partition coefficient (Wildman–Crippen LogP) is 2.98. The Bertz CT molecular complexity index is 534. The molecule has 126 valence electrons. The summed E-state index contributed by atoms with van der Waals surface area (Å²) in [4.78, 5) is 27.0. The maximum absolute atomic E-state index is 13.0. The van der Waals surface area contributed by atoms with Crippen LogP contribution in [0, 0.1) is 11.7 Å². The largest absolute Gasteiger partial charge is 0.341 e. The van der Waals surface area contributed by atoms with Gasteiger partial charge in [-0.2, -0.15) is 0 Å². The zero-order valence-electron chi connectivity index (χ0n) is 13.8. The first-order chi connectivity index (χ1) is 11.0. The number of hydrogen-bond acceptors (Lipinski definition) is 2. The van der Waals surface area contributed by atoms with Crippen molar-refractivity contribution in [2.45, 2.75) is 45.6 Å². The molecular weight excluding hydrogens is 295 g/mol. The minimum Gasteiger partial charge on any atom is -0.341 e. The molecule has 1 aliphatic heterocycles. The summed E-state index contributed by atoms with van der Waals surface area (Å²) in [6.07, 6.45) is 4.33. The fourth-order valence-electron chi connectivity index (χ4n) is 2.83. The van der Waals surface area contributed by atoms with Gasteiger partial charge in [-0.15, -0.1) is 0 Å². The molecule has 1 aromatic carbocycles. The average molecular weight is 320 g/mol. The number of rotatable bonds is 4. The van der Waals surface area contributed by atoms with E-state index in [0.717, 1.165) is 38.8 Å². The third-order valence-corrected chi connectivity index (χ3v) is 4.24. The fourth-order valence-corrected chi connectivity index (χ4v) is 2.83. The molecule has 2 rings (SSSR count). The summed E-state index contributed by atoms with van der Waals surface area (Å²) in [5.41, 5.74) is 0.362. The first kappa shape index (κ1) is 17.4. The number of nitrogens with zero attached hydrogens (tertiary/aromatic N) is 1. The number of likely N-dealkylation sites (tertiary alicyclic amines) is 1. The van der Waals surface area contributed by atoms with Crippen LogP contribution >= 0.6 is 0 Å². The van der Waals surface area contributed by atoms with E-state index < -0.39 is 6.04 Å². The second-order valence-corrected chi connectivity index (χ2v) is 6.44. The lowest BCUT2D eigenvalue weighted by Gasteiger charge is -2.29. The molecule has 1 aromatic rings. The summed E-state index contributed by atoms with van der Waals surface area (Å²) in [7, 11) is 0. The Balaban J connectivity index is 2.06. The molecule has 0 spiro atoms.